The minimum atomic E-state index is -0.116. The van der Waals surface area contributed by atoms with Crippen molar-refractivity contribution in [3.8, 4) is 0 Å². The van der Waals surface area contributed by atoms with Gasteiger partial charge in [-0.2, -0.15) is 0 Å². The summed E-state index contributed by atoms with van der Waals surface area (Å²) in [6, 6.07) is 0.494. The Balaban J connectivity index is 1.66. The van der Waals surface area contributed by atoms with Crippen molar-refractivity contribution >= 4 is 12.0 Å². The zero-order valence-electron chi connectivity index (χ0n) is 12.3. The van der Waals surface area contributed by atoms with Crippen LogP contribution in [-0.2, 0) is 9.53 Å². The molecule has 0 bridgehead atoms. The molecule has 0 aromatic heterocycles. The minimum Gasteiger partial charge on any atom is -0.469 e. The molecule has 2 rings (SSSR count). The fraction of sp³-hybridized carbons (Fsp3) is 0.867. The van der Waals surface area contributed by atoms with E-state index in [1.54, 1.807) is 0 Å². The first-order valence-corrected chi connectivity index (χ1v) is 7.84. The molecule has 5 heteroatoms. The Labute approximate surface area is 120 Å². The predicted octanol–water partition coefficient (Wildman–Crippen LogP) is 2.35. The Morgan fingerprint density at radius 3 is 1.95 bits per heavy atom. The summed E-state index contributed by atoms with van der Waals surface area (Å²) in [4.78, 5) is 23.4. The molecule has 0 aromatic rings. The third-order valence-corrected chi connectivity index (χ3v) is 4.54. The van der Waals surface area contributed by atoms with Crippen LogP contribution in [0.3, 0.4) is 0 Å². The molecule has 114 valence electrons. The number of esters is 1. The predicted molar refractivity (Wildman–Crippen MR) is 76.3 cm³/mol. The number of amides is 2. The van der Waals surface area contributed by atoms with E-state index in [4.69, 9.17) is 4.74 Å². The van der Waals surface area contributed by atoms with Gasteiger partial charge in [-0.3, -0.25) is 4.79 Å². The number of carbonyl (C=O) groups is 2. The van der Waals surface area contributed by atoms with Gasteiger partial charge in [0.1, 0.15) is 0 Å². The number of methoxy groups -OCH3 is 1. The van der Waals surface area contributed by atoms with E-state index in [0.29, 0.717) is 6.04 Å². The van der Waals surface area contributed by atoms with Crippen molar-refractivity contribution in [3.05, 3.63) is 0 Å². The molecule has 2 aliphatic carbocycles. The van der Waals surface area contributed by atoms with Crippen LogP contribution in [0.1, 0.15) is 57.8 Å². The van der Waals surface area contributed by atoms with Crippen molar-refractivity contribution in [2.24, 2.45) is 5.92 Å². The van der Waals surface area contributed by atoms with Gasteiger partial charge in [0.05, 0.1) is 13.0 Å². The second-order valence-electron chi connectivity index (χ2n) is 6.02. The number of carbonyl (C=O) groups excluding carboxylic acids is 2. The highest BCUT2D eigenvalue weighted by atomic mass is 16.5. The first kappa shape index (κ1) is 15.1. The highest BCUT2D eigenvalue weighted by molar-refractivity contribution is 5.75. The SMILES string of the molecule is COC(=O)C1CCC(NC(=O)NC2CCCCC2)CC1. The average Bonchev–Trinajstić information content (AvgIpc) is 2.48. The largest absolute Gasteiger partial charge is 0.469 e. The van der Waals surface area contributed by atoms with Crippen LogP contribution in [0.5, 0.6) is 0 Å². The van der Waals surface area contributed by atoms with Crippen LogP contribution in [0.2, 0.25) is 0 Å². The Bertz CT molecular complexity index is 332. The monoisotopic (exact) mass is 282 g/mol. The molecular weight excluding hydrogens is 256 g/mol. The normalized spacial score (nSPS) is 27.6. The summed E-state index contributed by atoms with van der Waals surface area (Å²) < 4.78 is 4.77. The Hall–Kier alpha value is -1.26. The highest BCUT2D eigenvalue weighted by Crippen LogP contribution is 2.25. The van der Waals surface area contributed by atoms with E-state index < -0.39 is 0 Å². The molecule has 2 aliphatic rings. The lowest BCUT2D eigenvalue weighted by atomic mass is 9.86. The van der Waals surface area contributed by atoms with Crippen LogP contribution in [0, 0.1) is 5.92 Å². The van der Waals surface area contributed by atoms with Gasteiger partial charge in [0.2, 0.25) is 0 Å². The van der Waals surface area contributed by atoms with Crippen molar-refractivity contribution < 1.29 is 14.3 Å². The summed E-state index contributed by atoms with van der Waals surface area (Å²) in [5.74, 6) is -0.102. The van der Waals surface area contributed by atoms with Gasteiger partial charge in [-0.1, -0.05) is 19.3 Å². The lowest BCUT2D eigenvalue weighted by Crippen LogP contribution is -2.48. The van der Waals surface area contributed by atoms with Gasteiger partial charge in [-0.25, -0.2) is 4.79 Å². The second kappa shape index (κ2) is 7.50. The Morgan fingerprint density at radius 1 is 0.850 bits per heavy atom. The number of rotatable bonds is 3. The lowest BCUT2D eigenvalue weighted by Gasteiger charge is -2.29. The van der Waals surface area contributed by atoms with Gasteiger partial charge in [0.25, 0.3) is 0 Å². The van der Waals surface area contributed by atoms with Gasteiger partial charge < -0.3 is 15.4 Å². The molecule has 0 radical (unpaired) electrons. The van der Waals surface area contributed by atoms with E-state index >= 15 is 0 Å². The summed E-state index contributed by atoms with van der Waals surface area (Å²) >= 11 is 0. The zero-order valence-corrected chi connectivity index (χ0v) is 12.3. The fourth-order valence-corrected chi connectivity index (χ4v) is 3.30. The molecule has 0 saturated heterocycles. The van der Waals surface area contributed by atoms with Crippen molar-refractivity contribution in [2.45, 2.75) is 69.9 Å². The standard InChI is InChI=1S/C15H26N2O3/c1-20-14(18)11-7-9-13(10-8-11)17-15(19)16-12-5-3-2-4-6-12/h11-13H,2-10H2,1H3,(H2,16,17,19). The summed E-state index contributed by atoms with van der Waals surface area (Å²) in [6.45, 7) is 0. The van der Waals surface area contributed by atoms with Crippen molar-refractivity contribution in [1.29, 1.82) is 0 Å². The number of ether oxygens (including phenoxy) is 1. The molecule has 20 heavy (non-hydrogen) atoms. The molecule has 2 N–H and O–H groups in total. The molecule has 0 atom stereocenters. The van der Waals surface area contributed by atoms with Crippen LogP contribution < -0.4 is 10.6 Å². The molecule has 0 spiro atoms. The lowest BCUT2D eigenvalue weighted by molar-refractivity contribution is -0.146. The average molecular weight is 282 g/mol. The van der Waals surface area contributed by atoms with Crippen LogP contribution in [0.25, 0.3) is 0 Å². The summed E-state index contributed by atoms with van der Waals surface area (Å²) in [5, 5.41) is 6.11. The molecule has 2 saturated carbocycles. The van der Waals surface area contributed by atoms with E-state index in [9.17, 15) is 9.59 Å². The van der Waals surface area contributed by atoms with Crippen molar-refractivity contribution in [3.63, 3.8) is 0 Å². The van der Waals surface area contributed by atoms with E-state index in [0.717, 1.165) is 38.5 Å². The maximum absolute atomic E-state index is 11.9. The zero-order chi connectivity index (χ0) is 14.4. The topological polar surface area (TPSA) is 67.4 Å². The molecule has 2 amide bonds. The quantitative estimate of drug-likeness (QED) is 0.781. The number of hydrogen-bond acceptors (Lipinski definition) is 3. The van der Waals surface area contributed by atoms with E-state index in [1.807, 2.05) is 0 Å². The molecular formula is C15H26N2O3. The molecule has 0 heterocycles. The fourth-order valence-electron chi connectivity index (χ4n) is 3.30. The number of hydrogen-bond donors (Lipinski definition) is 2. The van der Waals surface area contributed by atoms with Gasteiger partial charge in [0.15, 0.2) is 0 Å². The summed E-state index contributed by atoms with van der Waals surface area (Å²) in [5.41, 5.74) is 0. The Kier molecular flexibility index (Phi) is 5.68. The van der Waals surface area contributed by atoms with Crippen LogP contribution in [0.4, 0.5) is 4.79 Å². The van der Waals surface area contributed by atoms with Crippen LogP contribution in [-0.4, -0.2) is 31.2 Å². The van der Waals surface area contributed by atoms with E-state index in [2.05, 4.69) is 10.6 Å². The molecule has 0 aliphatic heterocycles. The van der Waals surface area contributed by atoms with Gasteiger partial charge in [-0.05, 0) is 38.5 Å². The van der Waals surface area contributed by atoms with Gasteiger partial charge in [0, 0.05) is 12.1 Å². The summed E-state index contributed by atoms with van der Waals surface area (Å²) in [7, 11) is 1.43. The Morgan fingerprint density at radius 2 is 1.40 bits per heavy atom. The number of urea groups is 1. The molecule has 0 unspecified atom stereocenters. The molecule has 5 nitrogen and oxygen atoms in total. The van der Waals surface area contributed by atoms with Crippen LogP contribution >= 0.6 is 0 Å². The molecule has 0 aromatic carbocycles. The first-order chi connectivity index (χ1) is 9.69. The third-order valence-electron chi connectivity index (χ3n) is 4.54. The third kappa shape index (κ3) is 4.39. The maximum atomic E-state index is 11.9. The van der Waals surface area contributed by atoms with Crippen LogP contribution in [0.15, 0.2) is 0 Å². The second-order valence-corrected chi connectivity index (χ2v) is 6.02. The molecule has 2 fully saturated rings. The van der Waals surface area contributed by atoms with E-state index in [-0.39, 0.29) is 24.0 Å². The van der Waals surface area contributed by atoms with Crippen molar-refractivity contribution in [2.75, 3.05) is 7.11 Å². The van der Waals surface area contributed by atoms with Crippen molar-refractivity contribution in [1.82, 2.24) is 10.6 Å². The maximum Gasteiger partial charge on any atom is 0.315 e. The number of nitrogens with one attached hydrogen (secondary N) is 2. The smallest absolute Gasteiger partial charge is 0.315 e. The highest BCUT2D eigenvalue weighted by Gasteiger charge is 2.28. The minimum absolute atomic E-state index is 0.0134. The first-order valence-electron chi connectivity index (χ1n) is 7.84. The van der Waals surface area contributed by atoms with Gasteiger partial charge >= 0.3 is 12.0 Å². The summed E-state index contributed by atoms with van der Waals surface area (Å²) in [6.07, 6.45) is 9.25. The van der Waals surface area contributed by atoms with Gasteiger partial charge in [-0.15, -0.1) is 0 Å². The van der Waals surface area contributed by atoms with E-state index in [1.165, 1.54) is 26.4 Å².